The van der Waals surface area contributed by atoms with Gasteiger partial charge in [0.15, 0.2) is 0 Å². The number of esters is 1. The molecule has 31 heavy (non-hydrogen) atoms. The highest BCUT2D eigenvalue weighted by Gasteiger charge is 2.52. The maximum atomic E-state index is 14.1. The Hall–Kier alpha value is -1.88. The molecule has 3 aliphatic rings. The van der Waals surface area contributed by atoms with Crippen LogP contribution in [0.1, 0.15) is 76.5 Å². The maximum absolute atomic E-state index is 14.1. The molecular formula is C26H38N2O3. The van der Waals surface area contributed by atoms with Crippen molar-refractivity contribution in [3.05, 3.63) is 35.4 Å². The largest absolute Gasteiger partial charge is 0.464 e. The Balaban J connectivity index is 1.69. The van der Waals surface area contributed by atoms with Gasteiger partial charge in [-0.15, -0.1) is 0 Å². The molecule has 5 heteroatoms. The first-order chi connectivity index (χ1) is 14.9. The predicted octanol–water partition coefficient (Wildman–Crippen LogP) is 4.22. The number of nitrogens with zero attached hydrogens (tertiary/aromatic N) is 1. The summed E-state index contributed by atoms with van der Waals surface area (Å²) in [6.07, 6.45) is 6.46. The first-order valence-electron chi connectivity index (χ1n) is 12.2. The SMILES string of the molecule is CC(=O)OCCN1C(=O)C2(CCNCC2)c2ccccc2C1C1CCC(C(C)C)CC1. The molecule has 5 nitrogen and oxygen atoms in total. The zero-order valence-corrected chi connectivity index (χ0v) is 19.4. The summed E-state index contributed by atoms with van der Waals surface area (Å²) in [6, 6.07) is 8.77. The van der Waals surface area contributed by atoms with E-state index in [4.69, 9.17) is 4.74 Å². The number of ether oxygens (including phenoxy) is 1. The lowest BCUT2D eigenvalue weighted by Gasteiger charge is -2.52. The van der Waals surface area contributed by atoms with Crippen LogP contribution in [-0.2, 0) is 19.7 Å². The zero-order chi connectivity index (χ0) is 22.0. The van der Waals surface area contributed by atoms with Crippen LogP contribution in [0.25, 0.3) is 0 Å². The minimum Gasteiger partial charge on any atom is -0.464 e. The van der Waals surface area contributed by atoms with Crippen LogP contribution in [0.2, 0.25) is 0 Å². The third-order valence-electron chi connectivity index (χ3n) is 8.10. The lowest BCUT2D eigenvalue weighted by Crippen LogP contribution is -2.58. The van der Waals surface area contributed by atoms with Crippen molar-refractivity contribution in [2.24, 2.45) is 17.8 Å². The van der Waals surface area contributed by atoms with E-state index >= 15 is 0 Å². The standard InChI is InChI=1S/C26H38N2O3/c1-18(2)20-8-10-21(11-9-20)24-22-6-4-5-7-23(22)26(12-14-27-15-13-26)25(30)28(24)16-17-31-19(3)29/h4-7,18,20-21,24,27H,8-17H2,1-3H3. The number of nitrogens with one attached hydrogen (secondary N) is 1. The summed E-state index contributed by atoms with van der Waals surface area (Å²) >= 11 is 0. The van der Waals surface area contributed by atoms with Gasteiger partial charge in [0, 0.05) is 6.92 Å². The summed E-state index contributed by atoms with van der Waals surface area (Å²) in [7, 11) is 0. The average molecular weight is 427 g/mol. The van der Waals surface area contributed by atoms with Gasteiger partial charge in [0.05, 0.1) is 18.0 Å². The summed E-state index contributed by atoms with van der Waals surface area (Å²) in [6.45, 7) is 8.58. The second-order valence-corrected chi connectivity index (χ2v) is 10.1. The molecular weight excluding hydrogens is 388 g/mol. The number of carbonyl (C=O) groups excluding carboxylic acids is 2. The van der Waals surface area contributed by atoms with E-state index in [9.17, 15) is 9.59 Å². The zero-order valence-electron chi connectivity index (χ0n) is 19.4. The molecule has 1 atom stereocenters. The first kappa shape index (κ1) is 22.3. The molecule has 1 aliphatic carbocycles. The molecule has 1 saturated heterocycles. The van der Waals surface area contributed by atoms with Gasteiger partial charge >= 0.3 is 5.97 Å². The second-order valence-electron chi connectivity index (χ2n) is 10.1. The molecule has 1 aromatic carbocycles. The predicted molar refractivity (Wildman–Crippen MR) is 122 cm³/mol. The lowest BCUT2D eigenvalue weighted by atomic mass is 9.64. The fraction of sp³-hybridized carbons (Fsp3) is 0.692. The smallest absolute Gasteiger partial charge is 0.302 e. The van der Waals surface area contributed by atoms with Gasteiger partial charge < -0.3 is 15.0 Å². The number of hydrogen-bond acceptors (Lipinski definition) is 4. The van der Waals surface area contributed by atoms with E-state index in [2.05, 4.69) is 48.3 Å². The molecule has 1 N–H and O–H groups in total. The third kappa shape index (κ3) is 4.26. The molecule has 1 spiro atoms. The fourth-order valence-electron chi connectivity index (χ4n) is 6.38. The van der Waals surface area contributed by atoms with E-state index in [-0.39, 0.29) is 24.5 Å². The van der Waals surface area contributed by atoms with Crippen molar-refractivity contribution in [3.63, 3.8) is 0 Å². The van der Waals surface area contributed by atoms with Crippen LogP contribution in [0.3, 0.4) is 0 Å². The van der Waals surface area contributed by atoms with Crippen molar-refractivity contribution in [1.29, 1.82) is 0 Å². The van der Waals surface area contributed by atoms with Gasteiger partial charge in [-0.1, -0.05) is 38.1 Å². The Morgan fingerprint density at radius 1 is 1.16 bits per heavy atom. The number of rotatable bonds is 5. The highest BCUT2D eigenvalue weighted by Crippen LogP contribution is 2.51. The van der Waals surface area contributed by atoms with Gasteiger partial charge in [-0.3, -0.25) is 9.59 Å². The van der Waals surface area contributed by atoms with Crippen LogP contribution in [0.4, 0.5) is 0 Å². The van der Waals surface area contributed by atoms with Gasteiger partial charge in [0.2, 0.25) is 5.91 Å². The molecule has 1 aromatic rings. The van der Waals surface area contributed by atoms with E-state index in [1.807, 2.05) is 0 Å². The molecule has 1 saturated carbocycles. The van der Waals surface area contributed by atoms with Crippen LogP contribution in [-0.4, -0.2) is 43.0 Å². The lowest BCUT2D eigenvalue weighted by molar-refractivity contribution is -0.150. The molecule has 2 aliphatic heterocycles. The number of amides is 1. The third-order valence-corrected chi connectivity index (χ3v) is 8.10. The molecule has 0 aromatic heterocycles. The van der Waals surface area contributed by atoms with Gasteiger partial charge in [0.25, 0.3) is 0 Å². The molecule has 0 radical (unpaired) electrons. The van der Waals surface area contributed by atoms with Gasteiger partial charge in [-0.2, -0.15) is 0 Å². The Labute approximate surface area is 186 Å². The monoisotopic (exact) mass is 426 g/mol. The number of benzene rings is 1. The number of piperidine rings is 1. The van der Waals surface area contributed by atoms with Gasteiger partial charge in [-0.25, -0.2) is 0 Å². The van der Waals surface area contributed by atoms with Crippen LogP contribution >= 0.6 is 0 Å². The van der Waals surface area contributed by atoms with Gasteiger partial charge in [-0.05, 0) is 80.5 Å². The summed E-state index contributed by atoms with van der Waals surface area (Å²) in [5.74, 6) is 1.94. The Kier molecular flexibility index (Phi) is 6.71. The average Bonchev–Trinajstić information content (AvgIpc) is 2.78. The molecule has 2 heterocycles. The molecule has 4 rings (SSSR count). The number of hydrogen-bond donors (Lipinski definition) is 1. The quantitative estimate of drug-likeness (QED) is 0.717. The minimum absolute atomic E-state index is 0.0906. The Morgan fingerprint density at radius 2 is 1.84 bits per heavy atom. The van der Waals surface area contributed by atoms with Crippen molar-refractivity contribution in [2.45, 2.75) is 70.8 Å². The fourth-order valence-corrected chi connectivity index (χ4v) is 6.38. The highest BCUT2D eigenvalue weighted by atomic mass is 16.5. The number of fused-ring (bicyclic) bond motifs is 2. The second kappa shape index (κ2) is 9.32. The van der Waals surface area contributed by atoms with E-state index in [1.165, 1.54) is 30.9 Å². The summed E-state index contributed by atoms with van der Waals surface area (Å²) in [5, 5.41) is 3.43. The van der Waals surface area contributed by atoms with Crippen LogP contribution in [0, 0.1) is 17.8 Å². The van der Waals surface area contributed by atoms with E-state index in [0.29, 0.717) is 12.5 Å². The Bertz CT molecular complexity index is 792. The number of carbonyl (C=O) groups is 2. The maximum Gasteiger partial charge on any atom is 0.302 e. The summed E-state index contributed by atoms with van der Waals surface area (Å²) < 4.78 is 5.30. The van der Waals surface area contributed by atoms with Crippen LogP contribution in [0.15, 0.2) is 24.3 Å². The van der Waals surface area contributed by atoms with E-state index in [1.54, 1.807) is 0 Å². The van der Waals surface area contributed by atoms with Crippen molar-refractivity contribution in [1.82, 2.24) is 10.2 Å². The van der Waals surface area contributed by atoms with Crippen LogP contribution in [0.5, 0.6) is 0 Å². The highest BCUT2D eigenvalue weighted by molar-refractivity contribution is 5.91. The van der Waals surface area contributed by atoms with Crippen LogP contribution < -0.4 is 5.32 Å². The van der Waals surface area contributed by atoms with E-state index in [0.717, 1.165) is 50.6 Å². The normalized spacial score (nSPS) is 27.9. The molecule has 170 valence electrons. The summed E-state index contributed by atoms with van der Waals surface area (Å²) in [5.41, 5.74) is 2.14. The molecule has 2 fully saturated rings. The molecule has 1 amide bonds. The van der Waals surface area contributed by atoms with Gasteiger partial charge in [0.1, 0.15) is 6.61 Å². The van der Waals surface area contributed by atoms with Crippen molar-refractivity contribution >= 4 is 11.9 Å². The minimum atomic E-state index is -0.441. The summed E-state index contributed by atoms with van der Waals surface area (Å²) in [4.78, 5) is 27.6. The van der Waals surface area contributed by atoms with E-state index < -0.39 is 5.41 Å². The molecule has 0 bridgehead atoms. The van der Waals surface area contributed by atoms with Crippen molar-refractivity contribution < 1.29 is 14.3 Å². The van der Waals surface area contributed by atoms with Crippen molar-refractivity contribution in [3.8, 4) is 0 Å². The van der Waals surface area contributed by atoms with Crippen molar-refractivity contribution in [2.75, 3.05) is 26.2 Å². The topological polar surface area (TPSA) is 58.6 Å². The molecule has 1 unspecified atom stereocenters. The Morgan fingerprint density at radius 3 is 2.48 bits per heavy atom. The first-order valence-corrected chi connectivity index (χ1v) is 12.2.